The molecule has 0 saturated carbocycles. The van der Waals surface area contributed by atoms with Gasteiger partial charge in [-0.2, -0.15) is 19.1 Å². The Hall–Kier alpha value is -4.71. The van der Waals surface area contributed by atoms with Gasteiger partial charge in [-0.15, -0.1) is 0 Å². The molecule has 0 spiro atoms. The number of benzene rings is 1. The number of hydrogen-bond donors (Lipinski definition) is 2. The molecule has 3 amide bonds. The smallest absolute Gasteiger partial charge is 0.291 e. The zero-order chi connectivity index (χ0) is 31.8. The van der Waals surface area contributed by atoms with Crippen LogP contribution in [0.4, 0.5) is 18.9 Å². The molecule has 5 rings (SSSR count). The number of nitrogens with zero attached hydrogens (tertiary/aromatic N) is 7. The third-order valence-electron chi connectivity index (χ3n) is 7.92. The van der Waals surface area contributed by atoms with Gasteiger partial charge < -0.3 is 25.0 Å². The molecule has 44 heavy (non-hydrogen) atoms. The van der Waals surface area contributed by atoms with E-state index in [1.54, 1.807) is 11.8 Å². The number of imidazole rings is 1. The molecule has 0 aliphatic carbocycles. The van der Waals surface area contributed by atoms with Gasteiger partial charge in [0.25, 0.3) is 17.7 Å². The third-order valence-corrected chi connectivity index (χ3v) is 7.92. The monoisotopic (exact) mass is 611 g/mol. The largest absolute Gasteiger partial charge is 0.339 e. The number of amides is 3. The molecule has 15 heteroatoms. The lowest BCUT2D eigenvalue weighted by Crippen LogP contribution is -2.52. The number of halogens is 3. The number of nitrogens with one attached hydrogen (secondary N) is 2. The first-order valence-corrected chi connectivity index (χ1v) is 14.1. The van der Waals surface area contributed by atoms with Crippen molar-refractivity contribution in [3.63, 3.8) is 0 Å². The van der Waals surface area contributed by atoms with E-state index in [0.717, 1.165) is 23.7 Å². The number of nitriles is 1. The van der Waals surface area contributed by atoms with Crippen molar-refractivity contribution in [1.29, 1.82) is 5.26 Å². The Kier molecular flexibility index (Phi) is 8.46. The number of carbonyl (C=O) groups is 3. The van der Waals surface area contributed by atoms with E-state index in [1.807, 2.05) is 6.07 Å². The predicted octanol–water partition coefficient (Wildman–Crippen LogP) is 2.51. The van der Waals surface area contributed by atoms with Crippen LogP contribution in [-0.4, -0.2) is 86.1 Å². The molecule has 2 fully saturated rings. The van der Waals surface area contributed by atoms with E-state index < -0.39 is 29.2 Å². The van der Waals surface area contributed by atoms with Crippen molar-refractivity contribution in [2.45, 2.75) is 32.7 Å². The molecule has 1 atom stereocenters. The highest BCUT2D eigenvalue weighted by atomic mass is 19.3. The summed E-state index contributed by atoms with van der Waals surface area (Å²) in [5.41, 5.74) is -0.132. The van der Waals surface area contributed by atoms with Crippen LogP contribution in [0.2, 0.25) is 0 Å². The van der Waals surface area contributed by atoms with Gasteiger partial charge in [0.05, 0.1) is 29.4 Å². The lowest BCUT2D eigenvalue weighted by Gasteiger charge is -2.36. The van der Waals surface area contributed by atoms with Crippen LogP contribution >= 0.6 is 0 Å². The number of hydrogen-bond acceptors (Lipinski definition) is 7. The Morgan fingerprint density at radius 3 is 2.50 bits per heavy atom. The van der Waals surface area contributed by atoms with Crippen molar-refractivity contribution >= 4 is 23.4 Å². The number of aryl methyl sites for hydroxylation is 1. The molecule has 0 unspecified atom stereocenters. The second-order valence-electron chi connectivity index (χ2n) is 11.1. The minimum atomic E-state index is -3.32. The first kappa shape index (κ1) is 30.7. The Morgan fingerprint density at radius 2 is 1.89 bits per heavy atom. The van der Waals surface area contributed by atoms with E-state index >= 15 is 4.39 Å². The van der Waals surface area contributed by atoms with Gasteiger partial charge in [0.2, 0.25) is 5.91 Å². The molecule has 2 aromatic heterocycles. The quantitative estimate of drug-likeness (QED) is 0.418. The summed E-state index contributed by atoms with van der Waals surface area (Å²) in [6, 6.07) is 4.35. The summed E-state index contributed by atoms with van der Waals surface area (Å²) in [7, 11) is 1.46. The van der Waals surface area contributed by atoms with Gasteiger partial charge >= 0.3 is 0 Å². The van der Waals surface area contributed by atoms with Crippen LogP contribution in [-0.2, 0) is 24.3 Å². The number of anilines is 1. The Balaban J connectivity index is 1.28. The third kappa shape index (κ3) is 6.02. The zero-order valence-corrected chi connectivity index (χ0v) is 24.5. The molecule has 232 valence electrons. The number of carbonyl (C=O) groups excluding carboxylic acids is 3. The second kappa shape index (κ2) is 12.1. The van der Waals surface area contributed by atoms with Gasteiger partial charge in [-0.25, -0.2) is 9.37 Å². The van der Waals surface area contributed by atoms with E-state index in [4.69, 9.17) is 5.26 Å². The molecule has 2 aliphatic rings. The molecule has 4 heterocycles. The van der Waals surface area contributed by atoms with Crippen molar-refractivity contribution in [2.75, 3.05) is 44.6 Å². The van der Waals surface area contributed by atoms with Gasteiger partial charge in [-0.3, -0.25) is 19.1 Å². The van der Waals surface area contributed by atoms with Crippen LogP contribution in [0.3, 0.4) is 0 Å². The summed E-state index contributed by atoms with van der Waals surface area (Å²) in [6.45, 7) is 4.77. The van der Waals surface area contributed by atoms with Crippen LogP contribution in [0.5, 0.6) is 0 Å². The molecule has 1 aromatic carbocycles. The van der Waals surface area contributed by atoms with E-state index in [1.165, 1.54) is 35.0 Å². The first-order valence-electron chi connectivity index (χ1n) is 14.1. The van der Waals surface area contributed by atoms with Crippen LogP contribution in [0.15, 0.2) is 24.5 Å². The topological polar surface area (TPSA) is 141 Å². The van der Waals surface area contributed by atoms with E-state index in [-0.39, 0.29) is 59.8 Å². The summed E-state index contributed by atoms with van der Waals surface area (Å²) in [5, 5.41) is 18.5. The molecule has 2 saturated heterocycles. The molecule has 0 bridgehead atoms. The average Bonchev–Trinajstić information content (AvgIpc) is 3.72. The first-order chi connectivity index (χ1) is 20.9. The minimum Gasteiger partial charge on any atom is -0.339 e. The zero-order valence-electron chi connectivity index (χ0n) is 24.5. The van der Waals surface area contributed by atoms with Crippen molar-refractivity contribution < 1.29 is 27.6 Å². The van der Waals surface area contributed by atoms with Crippen LogP contribution < -0.4 is 10.6 Å². The van der Waals surface area contributed by atoms with Gasteiger partial charge in [0.1, 0.15) is 18.1 Å². The number of aromatic nitrogens is 4. The maximum absolute atomic E-state index is 15.3. The summed E-state index contributed by atoms with van der Waals surface area (Å²) in [4.78, 5) is 46.4. The summed E-state index contributed by atoms with van der Waals surface area (Å²) < 4.78 is 46.3. The number of piperazine rings is 1. The standard InChI is InChI=1S/C29H32F3N9O3/c1-17-12-19(13-21(30)23(17)28(44)40-10-8-39(9-11-40)27(43)18-4-6-34-14-18)36-26(42)25-35-15-22(38(25)3)20-16-41(7-5-33)37-24(20)29(2,31)32/h12-13,15-16,18,34H,4,6-11,14H2,1-3H3,(H,36,42)/t18-/m0/s1. The van der Waals surface area contributed by atoms with Gasteiger partial charge in [-0.05, 0) is 37.6 Å². The summed E-state index contributed by atoms with van der Waals surface area (Å²) >= 11 is 0. The van der Waals surface area contributed by atoms with E-state index in [0.29, 0.717) is 32.1 Å². The normalized spacial score (nSPS) is 17.1. The molecule has 0 radical (unpaired) electrons. The number of rotatable bonds is 7. The number of alkyl halides is 2. The minimum absolute atomic E-state index is 0.00676. The Morgan fingerprint density at radius 1 is 1.18 bits per heavy atom. The molecular weight excluding hydrogens is 579 g/mol. The SMILES string of the molecule is Cc1cc(NC(=O)c2ncc(-c3cn(CC#N)nc3C(C)(F)F)n2C)cc(F)c1C(=O)N1CCN(C(=O)[C@H]2CCNC2)CC1. The highest BCUT2D eigenvalue weighted by Crippen LogP contribution is 2.35. The maximum Gasteiger partial charge on any atom is 0.291 e. The summed E-state index contributed by atoms with van der Waals surface area (Å²) in [6.07, 6.45) is 3.32. The van der Waals surface area contributed by atoms with E-state index in [9.17, 15) is 23.2 Å². The lowest BCUT2D eigenvalue weighted by molar-refractivity contribution is -0.136. The van der Waals surface area contributed by atoms with Crippen LogP contribution in [0, 0.1) is 30.0 Å². The summed E-state index contributed by atoms with van der Waals surface area (Å²) in [5.74, 6) is -5.50. The average molecular weight is 612 g/mol. The van der Waals surface area contributed by atoms with Crippen LogP contribution in [0.25, 0.3) is 11.3 Å². The molecule has 12 nitrogen and oxygen atoms in total. The molecule has 2 N–H and O–H groups in total. The second-order valence-corrected chi connectivity index (χ2v) is 11.1. The molecule has 2 aliphatic heterocycles. The van der Waals surface area contributed by atoms with Crippen molar-refractivity contribution in [1.82, 2.24) is 34.4 Å². The fraction of sp³-hybridized carbons (Fsp3) is 0.448. The Bertz CT molecular complexity index is 1620. The maximum atomic E-state index is 15.3. The van der Waals surface area contributed by atoms with Gasteiger partial charge in [0.15, 0.2) is 5.82 Å². The van der Waals surface area contributed by atoms with Crippen molar-refractivity contribution in [2.24, 2.45) is 13.0 Å². The highest BCUT2D eigenvalue weighted by molar-refractivity contribution is 6.03. The van der Waals surface area contributed by atoms with Gasteiger partial charge in [-0.1, -0.05) is 0 Å². The van der Waals surface area contributed by atoms with E-state index in [2.05, 4.69) is 20.7 Å². The Labute approximate surface area is 251 Å². The predicted molar refractivity (Wildman–Crippen MR) is 152 cm³/mol. The molecule has 3 aromatic rings. The van der Waals surface area contributed by atoms with Crippen molar-refractivity contribution in [3.05, 3.63) is 53.0 Å². The van der Waals surface area contributed by atoms with Crippen molar-refractivity contribution in [3.8, 4) is 17.3 Å². The van der Waals surface area contributed by atoms with Crippen LogP contribution in [0.1, 0.15) is 45.6 Å². The lowest BCUT2D eigenvalue weighted by atomic mass is 10.0. The highest BCUT2D eigenvalue weighted by Gasteiger charge is 2.34. The van der Waals surface area contributed by atoms with Gasteiger partial charge in [0, 0.05) is 64.1 Å². The molecular formula is C29H32F3N9O3. The fourth-order valence-electron chi connectivity index (χ4n) is 5.64. The fourth-order valence-corrected chi connectivity index (χ4v) is 5.64.